The molecule has 1 aliphatic carbocycles. The van der Waals surface area contributed by atoms with Crippen molar-refractivity contribution in [2.75, 3.05) is 12.3 Å². The number of anilines is 1. The van der Waals surface area contributed by atoms with Gasteiger partial charge in [0.15, 0.2) is 0 Å². The lowest BCUT2D eigenvalue weighted by Crippen LogP contribution is -2.40. The first-order valence-electron chi connectivity index (χ1n) is 7.05. The minimum Gasteiger partial charge on any atom is -0.398 e. The van der Waals surface area contributed by atoms with Crippen LogP contribution in [0.2, 0.25) is 0 Å². The second kappa shape index (κ2) is 5.22. The van der Waals surface area contributed by atoms with Crippen molar-refractivity contribution in [3.05, 3.63) is 27.7 Å². The van der Waals surface area contributed by atoms with Crippen molar-refractivity contribution in [3.63, 3.8) is 0 Å². The monoisotopic (exact) mass is 308 g/mol. The zero-order chi connectivity index (χ0) is 12.5. The van der Waals surface area contributed by atoms with Gasteiger partial charge in [-0.15, -0.1) is 0 Å². The Kier molecular flexibility index (Phi) is 3.62. The molecule has 1 fully saturated rings. The summed E-state index contributed by atoms with van der Waals surface area (Å²) in [7, 11) is 0. The van der Waals surface area contributed by atoms with Crippen LogP contribution in [0.1, 0.15) is 43.2 Å². The van der Waals surface area contributed by atoms with Gasteiger partial charge >= 0.3 is 0 Å². The highest BCUT2D eigenvalue weighted by molar-refractivity contribution is 9.10. The van der Waals surface area contributed by atoms with Crippen molar-refractivity contribution in [3.8, 4) is 0 Å². The van der Waals surface area contributed by atoms with E-state index in [4.69, 9.17) is 5.73 Å². The molecule has 0 aromatic heterocycles. The van der Waals surface area contributed by atoms with Crippen molar-refractivity contribution in [2.24, 2.45) is 0 Å². The molecule has 18 heavy (non-hydrogen) atoms. The largest absolute Gasteiger partial charge is 0.398 e. The molecule has 1 aliphatic heterocycles. The van der Waals surface area contributed by atoms with Crippen LogP contribution in [-0.4, -0.2) is 17.5 Å². The lowest BCUT2D eigenvalue weighted by Gasteiger charge is -2.38. The van der Waals surface area contributed by atoms with Crippen LogP contribution in [0.25, 0.3) is 0 Å². The highest BCUT2D eigenvalue weighted by Gasteiger charge is 2.26. The molecule has 3 heteroatoms. The predicted molar refractivity (Wildman–Crippen MR) is 79.5 cm³/mol. The fourth-order valence-corrected chi connectivity index (χ4v) is 4.00. The van der Waals surface area contributed by atoms with Crippen molar-refractivity contribution in [2.45, 2.75) is 51.1 Å². The van der Waals surface area contributed by atoms with Gasteiger partial charge in [0.25, 0.3) is 0 Å². The molecule has 3 rings (SSSR count). The number of hydrogen-bond acceptors (Lipinski definition) is 2. The smallest absolute Gasteiger partial charge is 0.0363 e. The second-order valence-corrected chi connectivity index (χ2v) is 6.46. The van der Waals surface area contributed by atoms with Gasteiger partial charge in [-0.05, 0) is 42.5 Å². The van der Waals surface area contributed by atoms with Crippen LogP contribution in [0.3, 0.4) is 0 Å². The normalized spacial score (nSPS) is 21.8. The van der Waals surface area contributed by atoms with Gasteiger partial charge in [-0.3, -0.25) is 4.90 Å². The Hall–Kier alpha value is -0.540. The second-order valence-electron chi connectivity index (χ2n) is 5.61. The highest BCUT2D eigenvalue weighted by Crippen LogP contribution is 2.33. The standard InChI is InChI=1S/C15H21BrN2/c16-14-6-7-15(17)13-10-18(9-8-12(13)14)11-4-2-1-3-5-11/h6-7,11H,1-5,8-10,17H2. The van der Waals surface area contributed by atoms with E-state index < -0.39 is 0 Å². The molecule has 0 unspecified atom stereocenters. The number of fused-ring (bicyclic) bond motifs is 1. The van der Waals surface area contributed by atoms with Crippen molar-refractivity contribution in [1.29, 1.82) is 0 Å². The molecule has 0 atom stereocenters. The third-order valence-electron chi connectivity index (χ3n) is 4.51. The van der Waals surface area contributed by atoms with Gasteiger partial charge in [-0.25, -0.2) is 0 Å². The SMILES string of the molecule is Nc1ccc(Br)c2c1CN(C1CCCCC1)CC2. The quantitative estimate of drug-likeness (QED) is 0.801. The molecular weight excluding hydrogens is 288 g/mol. The summed E-state index contributed by atoms with van der Waals surface area (Å²) < 4.78 is 1.23. The average molecular weight is 309 g/mol. The van der Waals surface area contributed by atoms with Crippen LogP contribution < -0.4 is 5.73 Å². The summed E-state index contributed by atoms with van der Waals surface area (Å²) in [6.45, 7) is 2.24. The van der Waals surface area contributed by atoms with Crippen LogP contribution in [0, 0.1) is 0 Å². The van der Waals surface area contributed by atoms with Gasteiger partial charge in [0, 0.05) is 29.3 Å². The van der Waals surface area contributed by atoms with E-state index in [2.05, 4.69) is 26.9 Å². The van der Waals surface area contributed by atoms with Gasteiger partial charge in [-0.1, -0.05) is 35.2 Å². The molecule has 98 valence electrons. The number of nitrogens with zero attached hydrogens (tertiary/aromatic N) is 1. The topological polar surface area (TPSA) is 29.3 Å². The van der Waals surface area contributed by atoms with E-state index in [9.17, 15) is 0 Å². The molecule has 0 radical (unpaired) electrons. The third-order valence-corrected chi connectivity index (χ3v) is 5.25. The predicted octanol–water partition coefficient (Wildman–Crippen LogP) is 3.72. The number of benzene rings is 1. The lowest BCUT2D eigenvalue weighted by atomic mass is 9.90. The van der Waals surface area contributed by atoms with Gasteiger partial charge in [0.1, 0.15) is 0 Å². The zero-order valence-corrected chi connectivity index (χ0v) is 12.4. The summed E-state index contributed by atoms with van der Waals surface area (Å²) >= 11 is 3.66. The van der Waals surface area contributed by atoms with Crippen LogP contribution >= 0.6 is 15.9 Å². The highest BCUT2D eigenvalue weighted by atomic mass is 79.9. The maximum Gasteiger partial charge on any atom is 0.0363 e. The summed E-state index contributed by atoms with van der Waals surface area (Å²) in [6.07, 6.45) is 8.13. The molecular formula is C15H21BrN2. The molecule has 0 bridgehead atoms. The van der Waals surface area contributed by atoms with E-state index in [1.165, 1.54) is 54.2 Å². The van der Waals surface area contributed by atoms with Crippen molar-refractivity contribution in [1.82, 2.24) is 4.90 Å². The van der Waals surface area contributed by atoms with Crippen LogP contribution in [0.15, 0.2) is 16.6 Å². The molecule has 2 nitrogen and oxygen atoms in total. The lowest BCUT2D eigenvalue weighted by molar-refractivity contribution is 0.141. The third kappa shape index (κ3) is 2.30. The van der Waals surface area contributed by atoms with E-state index >= 15 is 0 Å². The van der Waals surface area contributed by atoms with E-state index in [-0.39, 0.29) is 0 Å². The maximum absolute atomic E-state index is 6.15. The summed E-state index contributed by atoms with van der Waals surface area (Å²) in [4.78, 5) is 2.66. The van der Waals surface area contributed by atoms with Gasteiger partial charge in [0.2, 0.25) is 0 Å². The Morgan fingerprint density at radius 2 is 1.89 bits per heavy atom. The van der Waals surface area contributed by atoms with Crippen LogP contribution in [0.4, 0.5) is 5.69 Å². The molecule has 0 amide bonds. The molecule has 2 N–H and O–H groups in total. The Bertz CT molecular complexity index is 438. The minimum atomic E-state index is 0.797. The fourth-order valence-electron chi connectivity index (χ4n) is 3.43. The molecule has 0 spiro atoms. The maximum atomic E-state index is 6.15. The molecule has 2 aliphatic rings. The van der Waals surface area contributed by atoms with Crippen LogP contribution in [-0.2, 0) is 13.0 Å². The Morgan fingerprint density at radius 1 is 1.11 bits per heavy atom. The summed E-state index contributed by atoms with van der Waals surface area (Å²) in [5.74, 6) is 0. The Morgan fingerprint density at radius 3 is 2.67 bits per heavy atom. The Labute approximate surface area is 118 Å². The van der Waals surface area contributed by atoms with Gasteiger partial charge < -0.3 is 5.73 Å². The van der Waals surface area contributed by atoms with E-state index in [0.29, 0.717) is 0 Å². The number of rotatable bonds is 1. The average Bonchev–Trinajstić information content (AvgIpc) is 2.44. The summed E-state index contributed by atoms with van der Waals surface area (Å²) in [5.41, 5.74) is 9.92. The molecule has 1 heterocycles. The zero-order valence-electron chi connectivity index (χ0n) is 10.8. The molecule has 1 aromatic rings. The first-order valence-corrected chi connectivity index (χ1v) is 7.85. The first-order chi connectivity index (χ1) is 8.75. The molecule has 1 saturated carbocycles. The van der Waals surface area contributed by atoms with Gasteiger partial charge in [0.05, 0.1) is 0 Å². The van der Waals surface area contributed by atoms with E-state index in [0.717, 1.165) is 24.7 Å². The van der Waals surface area contributed by atoms with Crippen molar-refractivity contribution >= 4 is 21.6 Å². The number of hydrogen-bond donors (Lipinski definition) is 1. The molecule has 1 aromatic carbocycles. The first kappa shape index (κ1) is 12.5. The number of halogens is 1. The van der Waals surface area contributed by atoms with Crippen LogP contribution in [0.5, 0.6) is 0 Å². The summed E-state index contributed by atoms with van der Waals surface area (Å²) in [6, 6.07) is 4.92. The number of nitrogen functional groups attached to an aromatic ring is 1. The molecule has 0 saturated heterocycles. The number of nitrogens with two attached hydrogens (primary N) is 1. The van der Waals surface area contributed by atoms with Gasteiger partial charge in [-0.2, -0.15) is 0 Å². The minimum absolute atomic E-state index is 0.797. The Balaban J connectivity index is 1.82. The van der Waals surface area contributed by atoms with E-state index in [1.54, 1.807) is 0 Å². The van der Waals surface area contributed by atoms with E-state index in [1.807, 2.05) is 6.07 Å². The van der Waals surface area contributed by atoms with Crippen molar-refractivity contribution < 1.29 is 0 Å². The summed E-state index contributed by atoms with van der Waals surface area (Å²) in [5, 5.41) is 0. The fraction of sp³-hybridized carbons (Fsp3) is 0.600.